The lowest BCUT2D eigenvalue weighted by Crippen LogP contribution is -2.69. The Kier molecular flexibility index (Phi) is 2.81. The Labute approximate surface area is 166 Å². The first-order chi connectivity index (χ1) is 13.6. The Balaban J connectivity index is 1.28. The number of hydrogen-bond donors (Lipinski definition) is 2. The van der Waals surface area contributed by atoms with E-state index in [9.17, 15) is 10.2 Å². The second kappa shape index (κ2) is 4.96. The van der Waals surface area contributed by atoms with Gasteiger partial charge in [-0.15, -0.1) is 0 Å². The number of aromatic hydroxyl groups is 2. The summed E-state index contributed by atoms with van der Waals surface area (Å²) in [6.07, 6.45) is 8.24. The minimum Gasteiger partial charge on any atom is -0.508 e. The van der Waals surface area contributed by atoms with Gasteiger partial charge in [0.15, 0.2) is 0 Å². The third kappa shape index (κ3) is 1.81. The summed E-state index contributed by atoms with van der Waals surface area (Å²) < 4.78 is 0. The summed E-state index contributed by atoms with van der Waals surface area (Å²) in [5.74, 6) is 6.25. The highest BCUT2D eigenvalue weighted by Crippen LogP contribution is 2.77. The second-order valence-corrected chi connectivity index (χ2v) is 10.9. The van der Waals surface area contributed by atoms with E-state index in [1.165, 1.54) is 49.7 Å². The molecule has 0 heterocycles. The molecule has 0 saturated heterocycles. The van der Waals surface area contributed by atoms with Gasteiger partial charge in [-0.3, -0.25) is 0 Å². The Bertz CT molecular complexity index is 799. The Morgan fingerprint density at radius 1 is 0.464 bits per heavy atom. The molecule has 0 atom stereocenters. The number of phenolic OH excluding ortho intramolecular Hbond substituents is 2. The molecular weight excluding hydrogens is 344 g/mol. The van der Waals surface area contributed by atoms with Crippen molar-refractivity contribution in [3.05, 3.63) is 59.7 Å². The Morgan fingerprint density at radius 3 is 0.964 bits per heavy atom. The molecule has 7 aliphatic carbocycles. The lowest BCUT2D eigenvalue weighted by Gasteiger charge is -2.75. The van der Waals surface area contributed by atoms with Crippen LogP contribution in [0.3, 0.4) is 0 Å². The zero-order chi connectivity index (χ0) is 18.7. The molecule has 0 aliphatic heterocycles. The molecule has 2 aromatic carbocycles. The molecule has 9 rings (SSSR count). The highest BCUT2D eigenvalue weighted by molar-refractivity contribution is 5.39. The van der Waals surface area contributed by atoms with Crippen molar-refractivity contribution in [3.63, 3.8) is 0 Å². The smallest absolute Gasteiger partial charge is 0.115 e. The van der Waals surface area contributed by atoms with Gasteiger partial charge in [-0.2, -0.15) is 0 Å². The van der Waals surface area contributed by atoms with Crippen LogP contribution < -0.4 is 0 Å². The maximum Gasteiger partial charge on any atom is 0.115 e. The molecule has 8 bridgehead atoms. The third-order valence-corrected chi connectivity index (χ3v) is 10.0. The molecule has 2 heteroatoms. The maximum absolute atomic E-state index is 9.76. The van der Waals surface area contributed by atoms with E-state index in [-0.39, 0.29) is 0 Å². The summed E-state index contributed by atoms with van der Waals surface area (Å²) in [7, 11) is 0. The van der Waals surface area contributed by atoms with Crippen LogP contribution in [0.2, 0.25) is 0 Å². The molecule has 0 unspecified atom stereocenters. The monoisotopic (exact) mass is 372 g/mol. The molecule has 28 heavy (non-hydrogen) atoms. The van der Waals surface area contributed by atoms with Crippen molar-refractivity contribution in [3.8, 4) is 11.5 Å². The van der Waals surface area contributed by atoms with Crippen molar-refractivity contribution in [1.82, 2.24) is 0 Å². The molecule has 0 spiro atoms. The van der Waals surface area contributed by atoms with Gasteiger partial charge in [0.25, 0.3) is 0 Å². The fraction of sp³-hybridized carbons (Fsp3) is 0.538. The van der Waals surface area contributed by atoms with Gasteiger partial charge in [-0.05, 0) is 120 Å². The minimum absolute atomic E-state index is 0.382. The summed E-state index contributed by atoms with van der Waals surface area (Å²) in [5, 5.41) is 19.5. The summed E-state index contributed by atoms with van der Waals surface area (Å²) in [5.41, 5.74) is 3.75. The third-order valence-electron chi connectivity index (χ3n) is 10.0. The van der Waals surface area contributed by atoms with Crippen LogP contribution in [-0.2, 0) is 10.8 Å². The van der Waals surface area contributed by atoms with Gasteiger partial charge in [0.1, 0.15) is 11.5 Å². The number of hydrogen-bond acceptors (Lipinski definition) is 2. The van der Waals surface area contributed by atoms with Crippen LogP contribution in [0.4, 0.5) is 0 Å². The Morgan fingerprint density at radius 2 is 0.714 bits per heavy atom. The molecule has 0 amide bonds. The van der Waals surface area contributed by atoms with E-state index in [0.717, 1.165) is 35.5 Å². The van der Waals surface area contributed by atoms with Crippen molar-refractivity contribution in [2.75, 3.05) is 0 Å². The molecule has 2 N–H and O–H groups in total. The van der Waals surface area contributed by atoms with Crippen LogP contribution in [0.25, 0.3) is 0 Å². The normalized spacial score (nSPS) is 47.0. The molecule has 144 valence electrons. The van der Waals surface area contributed by atoms with E-state index in [4.69, 9.17) is 0 Å². The van der Waals surface area contributed by atoms with E-state index in [0.29, 0.717) is 22.3 Å². The Hall–Kier alpha value is -1.96. The first-order valence-electron chi connectivity index (χ1n) is 11.2. The molecular formula is C26H28O2. The standard InChI is InChI=1S/C26H28O2/c27-17-5-1-15(2-6-17)25-9-19-22-12-26(16-3-7-18(28)8-4-16)13-23(19)21(11-25)24(14-26)20(22)10-25/h1-8,19-24,27-28H,9-14H2. The van der Waals surface area contributed by atoms with Crippen LogP contribution >= 0.6 is 0 Å². The summed E-state index contributed by atoms with van der Waals surface area (Å²) in [6.45, 7) is 0. The maximum atomic E-state index is 9.76. The van der Waals surface area contributed by atoms with E-state index in [1.807, 2.05) is 24.3 Å². The fourth-order valence-corrected chi connectivity index (χ4v) is 9.27. The van der Waals surface area contributed by atoms with E-state index < -0.39 is 0 Å². The predicted octanol–water partition coefficient (Wildman–Crippen LogP) is 5.38. The van der Waals surface area contributed by atoms with Crippen LogP contribution in [0.1, 0.15) is 49.7 Å². The zero-order valence-electron chi connectivity index (χ0n) is 16.2. The van der Waals surface area contributed by atoms with Gasteiger partial charge >= 0.3 is 0 Å². The highest BCUT2D eigenvalue weighted by Gasteiger charge is 2.70. The number of rotatable bonds is 2. The van der Waals surface area contributed by atoms with Crippen molar-refractivity contribution in [2.45, 2.75) is 49.4 Å². The molecule has 2 nitrogen and oxygen atoms in total. The number of benzene rings is 2. The summed E-state index contributed by atoms with van der Waals surface area (Å²) in [6, 6.07) is 16.4. The van der Waals surface area contributed by atoms with Gasteiger partial charge < -0.3 is 10.2 Å². The van der Waals surface area contributed by atoms with E-state index in [2.05, 4.69) is 24.3 Å². The molecule has 0 aromatic heterocycles. The largest absolute Gasteiger partial charge is 0.508 e. The highest BCUT2D eigenvalue weighted by atomic mass is 16.3. The predicted molar refractivity (Wildman–Crippen MR) is 108 cm³/mol. The molecule has 0 radical (unpaired) electrons. The van der Waals surface area contributed by atoms with Crippen molar-refractivity contribution in [1.29, 1.82) is 0 Å². The van der Waals surface area contributed by atoms with Crippen molar-refractivity contribution < 1.29 is 10.2 Å². The van der Waals surface area contributed by atoms with E-state index in [1.54, 1.807) is 0 Å². The van der Waals surface area contributed by atoms with Crippen LogP contribution in [-0.4, -0.2) is 10.2 Å². The quantitative estimate of drug-likeness (QED) is 0.743. The molecule has 7 aliphatic rings. The van der Waals surface area contributed by atoms with Crippen molar-refractivity contribution >= 4 is 0 Å². The lowest BCUT2D eigenvalue weighted by atomic mass is 9.29. The van der Waals surface area contributed by atoms with Gasteiger partial charge in [-0.25, -0.2) is 0 Å². The summed E-state index contributed by atoms with van der Waals surface area (Å²) >= 11 is 0. The zero-order valence-corrected chi connectivity index (χ0v) is 16.2. The average Bonchev–Trinajstić information content (AvgIpc) is 2.72. The fourth-order valence-electron chi connectivity index (χ4n) is 9.27. The minimum atomic E-state index is 0.382. The van der Waals surface area contributed by atoms with Crippen molar-refractivity contribution in [2.24, 2.45) is 35.5 Å². The van der Waals surface area contributed by atoms with Crippen LogP contribution in [0.15, 0.2) is 48.5 Å². The topological polar surface area (TPSA) is 40.5 Å². The molecule has 2 aromatic rings. The van der Waals surface area contributed by atoms with Crippen LogP contribution in [0, 0.1) is 35.5 Å². The van der Waals surface area contributed by atoms with Crippen LogP contribution in [0.5, 0.6) is 11.5 Å². The van der Waals surface area contributed by atoms with E-state index >= 15 is 0 Å². The molecule has 7 fully saturated rings. The number of phenols is 2. The molecule has 7 saturated carbocycles. The SMILES string of the molecule is Oc1ccc(C23CC4C5CC6(c7ccc(O)cc7)CC4C(C2)C(C6)C5C3)cc1. The average molecular weight is 373 g/mol. The first-order valence-corrected chi connectivity index (χ1v) is 11.2. The van der Waals surface area contributed by atoms with Gasteiger partial charge in [0, 0.05) is 0 Å². The lowest BCUT2D eigenvalue weighted by molar-refractivity contribution is -0.221. The van der Waals surface area contributed by atoms with Gasteiger partial charge in [-0.1, -0.05) is 24.3 Å². The van der Waals surface area contributed by atoms with Gasteiger partial charge in [0.05, 0.1) is 0 Å². The summed E-state index contributed by atoms with van der Waals surface area (Å²) in [4.78, 5) is 0. The first kappa shape index (κ1) is 15.9. The second-order valence-electron chi connectivity index (χ2n) is 10.9. The van der Waals surface area contributed by atoms with Gasteiger partial charge in [0.2, 0.25) is 0 Å².